The van der Waals surface area contributed by atoms with E-state index in [1.807, 2.05) is 0 Å². The first-order valence-corrected chi connectivity index (χ1v) is 7.41. The van der Waals surface area contributed by atoms with Crippen LogP contribution in [-0.2, 0) is 4.79 Å². The predicted molar refractivity (Wildman–Crippen MR) is 92.3 cm³/mol. The van der Waals surface area contributed by atoms with Crippen LogP contribution in [0.4, 0.5) is 0 Å². The van der Waals surface area contributed by atoms with E-state index in [1.54, 1.807) is 36.4 Å². The zero-order valence-electron chi connectivity index (χ0n) is 13.3. The second-order valence-electron chi connectivity index (χ2n) is 5.46. The summed E-state index contributed by atoms with van der Waals surface area (Å²) < 4.78 is 10.9. The summed E-state index contributed by atoms with van der Waals surface area (Å²) >= 11 is 0. The van der Waals surface area contributed by atoms with Gasteiger partial charge in [0.1, 0.15) is 17.9 Å². The van der Waals surface area contributed by atoms with Gasteiger partial charge in [0.2, 0.25) is 5.71 Å². The first-order valence-electron chi connectivity index (χ1n) is 7.41. The van der Waals surface area contributed by atoms with Crippen LogP contribution in [0.2, 0.25) is 0 Å². The van der Waals surface area contributed by atoms with E-state index in [4.69, 9.17) is 9.15 Å². The van der Waals surface area contributed by atoms with Crippen molar-refractivity contribution in [2.75, 3.05) is 6.61 Å². The molecule has 7 heteroatoms. The second kappa shape index (κ2) is 6.56. The topological polar surface area (TPSA) is 109 Å². The molecule has 1 aromatic carbocycles. The third-order valence-corrected chi connectivity index (χ3v) is 3.51. The zero-order chi connectivity index (χ0) is 18.0. The van der Waals surface area contributed by atoms with Crippen LogP contribution in [0.25, 0.3) is 17.0 Å². The molecule has 0 unspecified atom stereocenters. The number of ether oxygens (including phenoxy) is 1. The Morgan fingerprint density at radius 3 is 2.64 bits per heavy atom. The number of benzene rings is 1. The molecule has 0 radical (unpaired) electrons. The largest absolute Gasteiger partial charge is 0.612 e. The van der Waals surface area contributed by atoms with Crippen molar-refractivity contribution in [2.24, 2.45) is 0 Å². The molecular weight excluding hydrogens is 326 g/mol. The van der Waals surface area contributed by atoms with Crippen LogP contribution < -0.4 is 4.74 Å². The number of rotatable bonds is 4. The first-order chi connectivity index (χ1) is 11.9. The van der Waals surface area contributed by atoms with Crippen molar-refractivity contribution in [3.63, 3.8) is 0 Å². The molecule has 0 saturated heterocycles. The summed E-state index contributed by atoms with van der Waals surface area (Å²) in [6, 6.07) is 4.86. The fourth-order valence-electron chi connectivity index (χ4n) is 2.30. The van der Waals surface area contributed by atoms with Gasteiger partial charge in [-0.2, -0.15) is 4.90 Å². The Morgan fingerprint density at radius 1 is 1.28 bits per heavy atom. The van der Waals surface area contributed by atoms with Gasteiger partial charge < -0.3 is 24.7 Å². The van der Waals surface area contributed by atoms with E-state index in [0.29, 0.717) is 22.3 Å². The van der Waals surface area contributed by atoms with Crippen molar-refractivity contribution in [2.45, 2.75) is 6.92 Å². The van der Waals surface area contributed by atoms with E-state index in [0.717, 1.165) is 0 Å². The number of nitrogens with zero attached hydrogens (tertiary/aromatic N) is 1. The highest BCUT2D eigenvalue weighted by Crippen LogP contribution is 2.35. The molecule has 0 aliphatic heterocycles. The van der Waals surface area contributed by atoms with E-state index in [1.165, 1.54) is 19.1 Å². The maximum absolute atomic E-state index is 11.0. The Bertz CT molecular complexity index is 939. The summed E-state index contributed by atoms with van der Waals surface area (Å²) in [6.07, 6.45) is 7.45. The number of carbonyl (C=O) groups excluding carboxylic acids is 1. The number of furan rings is 1. The van der Waals surface area contributed by atoms with E-state index in [2.05, 4.69) is 0 Å². The van der Waals surface area contributed by atoms with Gasteiger partial charge >= 0.3 is 0 Å². The minimum Gasteiger partial charge on any atom is -0.612 e. The van der Waals surface area contributed by atoms with Crippen LogP contribution in [-0.4, -0.2) is 28.1 Å². The molecule has 7 nitrogen and oxygen atoms in total. The summed E-state index contributed by atoms with van der Waals surface area (Å²) in [5.41, 5.74) is 1.04. The van der Waals surface area contributed by atoms with Crippen LogP contribution in [0.5, 0.6) is 11.5 Å². The standard InChI is InChI=1S/C18H14NO6/c1-11(20)10-24-14-6-7-15-16(9-14)25-17(18(15)21)8-12-2-4-13(5-3-12)19(22)23/h2-9H,10H2,1H3,(H-,21,22,23)/q-1. The van der Waals surface area contributed by atoms with Crippen molar-refractivity contribution in [1.29, 1.82) is 0 Å². The number of ketones is 1. The Kier molecular flexibility index (Phi) is 4.30. The van der Waals surface area contributed by atoms with E-state index in [9.17, 15) is 20.3 Å². The Balaban J connectivity index is 1.90. The smallest absolute Gasteiger partial charge is 0.222 e. The Hall–Kier alpha value is -3.48. The van der Waals surface area contributed by atoms with Crippen molar-refractivity contribution < 1.29 is 24.0 Å². The molecule has 0 atom stereocenters. The SMILES string of the molecule is CC(=O)COc1ccc2c(O)c(C=C3C=CC(=[N+]([O-])[O-])C=C3)oc2c1. The number of hydrogen-bond donors (Lipinski definition) is 1. The Labute approximate surface area is 142 Å². The van der Waals surface area contributed by atoms with Crippen LogP contribution in [0.15, 0.2) is 52.5 Å². The lowest BCUT2D eigenvalue weighted by atomic mass is 10.1. The molecule has 1 aliphatic carbocycles. The number of hydrogen-bond acceptors (Lipinski definition) is 6. The second-order valence-corrected chi connectivity index (χ2v) is 5.46. The Morgan fingerprint density at radius 2 is 2.00 bits per heavy atom. The van der Waals surface area contributed by atoms with Gasteiger partial charge in [-0.3, -0.25) is 4.79 Å². The van der Waals surface area contributed by atoms with Gasteiger partial charge in [0, 0.05) is 18.2 Å². The number of fused-ring (bicyclic) bond motifs is 1. The predicted octanol–water partition coefficient (Wildman–Crippen LogP) is 3.06. The fourth-order valence-corrected chi connectivity index (χ4v) is 2.30. The van der Waals surface area contributed by atoms with E-state index >= 15 is 0 Å². The molecule has 1 heterocycles. The van der Waals surface area contributed by atoms with Gasteiger partial charge in [-0.1, -0.05) is 0 Å². The number of aromatic hydroxyl groups is 1. The molecule has 0 saturated carbocycles. The van der Waals surface area contributed by atoms with Gasteiger partial charge in [-0.15, -0.1) is 0 Å². The maximum Gasteiger partial charge on any atom is 0.222 e. The minimum absolute atomic E-state index is 0.0155. The van der Waals surface area contributed by atoms with Crippen LogP contribution >= 0.6 is 0 Å². The summed E-state index contributed by atoms with van der Waals surface area (Å²) in [7, 11) is 0. The molecule has 0 bridgehead atoms. The normalized spacial score (nSPS) is 13.3. The third-order valence-electron chi connectivity index (χ3n) is 3.51. The van der Waals surface area contributed by atoms with Gasteiger partial charge in [-0.25, -0.2) is 0 Å². The molecule has 1 aromatic heterocycles. The van der Waals surface area contributed by atoms with Gasteiger partial charge in [0.15, 0.2) is 17.3 Å². The number of carbonyl (C=O) groups is 1. The van der Waals surface area contributed by atoms with Crippen LogP contribution in [0, 0.1) is 10.4 Å². The maximum atomic E-state index is 11.0. The average molecular weight is 340 g/mol. The highest BCUT2D eigenvalue weighted by atomic mass is 16.8. The average Bonchev–Trinajstić information content (AvgIpc) is 2.89. The van der Waals surface area contributed by atoms with Gasteiger partial charge in [-0.05, 0) is 42.9 Å². The zero-order valence-corrected chi connectivity index (χ0v) is 13.3. The molecule has 0 fully saturated rings. The molecule has 3 rings (SSSR count). The molecule has 0 spiro atoms. The molecule has 1 aliphatic rings. The van der Waals surface area contributed by atoms with Gasteiger partial charge in [0.25, 0.3) is 0 Å². The molecule has 128 valence electrons. The van der Waals surface area contributed by atoms with Crippen molar-refractivity contribution >= 4 is 28.5 Å². The molecule has 25 heavy (non-hydrogen) atoms. The number of Topliss-reactive ketones (excluding diaryl/α,β-unsaturated/α-hetero) is 1. The monoisotopic (exact) mass is 340 g/mol. The summed E-state index contributed by atoms with van der Waals surface area (Å²) in [5, 5.41) is 32.1. The minimum atomic E-state index is -0.481. The van der Waals surface area contributed by atoms with Crippen molar-refractivity contribution in [1.82, 2.24) is 0 Å². The summed E-state index contributed by atoms with van der Waals surface area (Å²) in [6.45, 7) is 1.38. The van der Waals surface area contributed by atoms with Crippen LogP contribution in [0.3, 0.4) is 0 Å². The molecule has 2 aromatic rings. The van der Waals surface area contributed by atoms with E-state index < -0.39 is 4.90 Å². The quantitative estimate of drug-likeness (QED) is 0.677. The first kappa shape index (κ1) is 16.4. The van der Waals surface area contributed by atoms with Gasteiger partial charge in [0.05, 0.1) is 5.39 Å². The van der Waals surface area contributed by atoms with Crippen molar-refractivity contribution in [3.8, 4) is 11.5 Å². The molecule has 0 amide bonds. The van der Waals surface area contributed by atoms with Crippen LogP contribution in [0.1, 0.15) is 12.7 Å². The third kappa shape index (κ3) is 3.55. The van der Waals surface area contributed by atoms with E-state index in [-0.39, 0.29) is 29.6 Å². The summed E-state index contributed by atoms with van der Waals surface area (Å²) in [5.74, 6) is 0.548. The summed E-state index contributed by atoms with van der Waals surface area (Å²) in [4.78, 5) is 10.5. The molecule has 1 N–H and O–H groups in total. The lowest BCUT2D eigenvalue weighted by Crippen LogP contribution is -2.06. The number of allylic oxidation sites excluding steroid dienone is 5. The lowest BCUT2D eigenvalue weighted by Gasteiger charge is -2.07. The highest BCUT2D eigenvalue weighted by molar-refractivity contribution is 6.03. The fraction of sp³-hybridized carbons (Fsp3) is 0.111. The lowest BCUT2D eigenvalue weighted by molar-refractivity contribution is -0.377. The molecular formula is C18H14NO6-. The highest BCUT2D eigenvalue weighted by Gasteiger charge is 2.13. The van der Waals surface area contributed by atoms with Crippen molar-refractivity contribution in [3.05, 3.63) is 64.3 Å².